The van der Waals surface area contributed by atoms with Crippen molar-refractivity contribution in [3.63, 3.8) is 0 Å². The molecule has 0 spiro atoms. The summed E-state index contributed by atoms with van der Waals surface area (Å²) in [5.74, 6) is 1.97. The third-order valence-corrected chi connectivity index (χ3v) is 4.22. The van der Waals surface area contributed by atoms with E-state index in [0.29, 0.717) is 11.5 Å². The standard InChI is InChI=1S/C16H18O2S/c1-13-6-8-14(9-7-13)11-19(17)12-15-4-3-5-16(10-15)18-2/h3-10H,11-12H2,1-2H3/t19-/m0/s1. The number of ether oxygens (including phenoxy) is 1. The van der Waals surface area contributed by atoms with Crippen molar-refractivity contribution in [2.75, 3.05) is 7.11 Å². The Labute approximate surface area is 116 Å². The first-order valence-electron chi connectivity index (χ1n) is 6.21. The average molecular weight is 274 g/mol. The first-order chi connectivity index (χ1) is 9.17. The van der Waals surface area contributed by atoms with Crippen LogP contribution in [0.1, 0.15) is 16.7 Å². The van der Waals surface area contributed by atoms with Gasteiger partial charge in [-0.15, -0.1) is 0 Å². The zero-order valence-corrected chi connectivity index (χ0v) is 12.1. The molecule has 0 saturated heterocycles. The molecule has 2 nitrogen and oxygen atoms in total. The van der Waals surface area contributed by atoms with Gasteiger partial charge < -0.3 is 4.74 Å². The molecule has 0 heterocycles. The van der Waals surface area contributed by atoms with Crippen molar-refractivity contribution in [2.24, 2.45) is 0 Å². The summed E-state index contributed by atoms with van der Waals surface area (Å²) in [7, 11) is 0.747. The van der Waals surface area contributed by atoms with Gasteiger partial charge in [0.1, 0.15) is 5.75 Å². The minimum Gasteiger partial charge on any atom is -0.497 e. The summed E-state index contributed by atoms with van der Waals surface area (Å²) in [6, 6.07) is 15.9. The van der Waals surface area contributed by atoms with Crippen LogP contribution < -0.4 is 4.74 Å². The Morgan fingerprint density at radius 3 is 2.37 bits per heavy atom. The average Bonchev–Trinajstić information content (AvgIpc) is 2.41. The minimum absolute atomic E-state index is 0.561. The number of methoxy groups -OCH3 is 1. The molecule has 0 unspecified atom stereocenters. The van der Waals surface area contributed by atoms with Crippen LogP contribution in [0.3, 0.4) is 0 Å². The van der Waals surface area contributed by atoms with Crippen LogP contribution in [0.25, 0.3) is 0 Å². The molecule has 0 fully saturated rings. The lowest BCUT2D eigenvalue weighted by Crippen LogP contribution is -1.99. The molecule has 19 heavy (non-hydrogen) atoms. The molecule has 1 atom stereocenters. The summed E-state index contributed by atoms with van der Waals surface area (Å²) >= 11 is 0. The van der Waals surface area contributed by atoms with Crippen LogP contribution in [0, 0.1) is 6.92 Å². The molecule has 0 aliphatic carbocycles. The van der Waals surface area contributed by atoms with E-state index in [2.05, 4.69) is 19.1 Å². The normalized spacial score (nSPS) is 12.1. The van der Waals surface area contributed by atoms with Crippen LogP contribution >= 0.6 is 0 Å². The predicted molar refractivity (Wildman–Crippen MR) is 79.7 cm³/mol. The summed E-state index contributed by atoms with van der Waals surface area (Å²) in [6.07, 6.45) is 0. The van der Waals surface area contributed by atoms with Gasteiger partial charge in [-0.05, 0) is 30.2 Å². The van der Waals surface area contributed by atoms with E-state index in [9.17, 15) is 4.21 Å². The molecule has 2 aromatic rings. The molecule has 2 aromatic carbocycles. The number of hydrogen-bond acceptors (Lipinski definition) is 2. The second-order valence-corrected chi connectivity index (χ2v) is 6.02. The maximum atomic E-state index is 12.1. The Balaban J connectivity index is 1.99. The molecule has 0 N–H and O–H groups in total. The first-order valence-corrected chi connectivity index (χ1v) is 7.69. The van der Waals surface area contributed by atoms with Gasteiger partial charge in [0, 0.05) is 22.3 Å². The zero-order valence-electron chi connectivity index (χ0n) is 11.3. The molecule has 0 amide bonds. The van der Waals surface area contributed by atoms with Crippen molar-refractivity contribution in [1.82, 2.24) is 0 Å². The second kappa shape index (κ2) is 6.53. The lowest BCUT2D eigenvalue weighted by atomic mass is 10.2. The van der Waals surface area contributed by atoms with E-state index in [1.165, 1.54) is 5.56 Å². The van der Waals surface area contributed by atoms with Gasteiger partial charge >= 0.3 is 0 Å². The molecular weight excluding hydrogens is 256 g/mol. The number of rotatable bonds is 5. The molecule has 0 aliphatic rings. The van der Waals surface area contributed by atoms with Crippen molar-refractivity contribution in [1.29, 1.82) is 0 Å². The Kier molecular flexibility index (Phi) is 4.74. The van der Waals surface area contributed by atoms with Crippen molar-refractivity contribution in [2.45, 2.75) is 18.4 Å². The van der Waals surface area contributed by atoms with Crippen LogP contribution in [0.2, 0.25) is 0 Å². The predicted octanol–water partition coefficient (Wildman–Crippen LogP) is 3.45. The highest BCUT2D eigenvalue weighted by Gasteiger charge is 2.04. The van der Waals surface area contributed by atoms with Crippen LogP contribution in [0.4, 0.5) is 0 Å². The van der Waals surface area contributed by atoms with Gasteiger partial charge in [0.05, 0.1) is 7.11 Å². The Bertz CT molecular complexity index is 561. The third kappa shape index (κ3) is 4.21. The van der Waals surface area contributed by atoms with Gasteiger partial charge in [-0.25, -0.2) is 0 Å². The Hall–Kier alpha value is -1.61. The van der Waals surface area contributed by atoms with Crippen molar-refractivity contribution >= 4 is 10.8 Å². The molecule has 0 aliphatic heterocycles. The topological polar surface area (TPSA) is 26.3 Å². The van der Waals surface area contributed by atoms with Crippen LogP contribution in [0.5, 0.6) is 5.75 Å². The van der Waals surface area contributed by atoms with Gasteiger partial charge in [0.25, 0.3) is 0 Å². The van der Waals surface area contributed by atoms with E-state index in [0.717, 1.165) is 16.9 Å². The molecular formula is C16H18O2S. The number of benzene rings is 2. The fourth-order valence-corrected chi connectivity index (χ4v) is 3.09. The van der Waals surface area contributed by atoms with Gasteiger partial charge in [0.15, 0.2) is 0 Å². The quantitative estimate of drug-likeness (QED) is 0.834. The third-order valence-electron chi connectivity index (χ3n) is 2.91. The molecule has 3 heteroatoms. The second-order valence-electron chi connectivity index (χ2n) is 4.57. The van der Waals surface area contributed by atoms with E-state index in [1.807, 2.05) is 36.4 Å². The van der Waals surface area contributed by atoms with E-state index < -0.39 is 10.8 Å². The summed E-state index contributed by atoms with van der Waals surface area (Å²) < 4.78 is 17.3. The smallest absolute Gasteiger partial charge is 0.119 e. The largest absolute Gasteiger partial charge is 0.497 e. The highest BCUT2D eigenvalue weighted by Crippen LogP contribution is 2.15. The van der Waals surface area contributed by atoms with Crippen molar-refractivity contribution in [3.05, 3.63) is 65.2 Å². The molecule has 0 aromatic heterocycles. The van der Waals surface area contributed by atoms with Gasteiger partial charge in [-0.3, -0.25) is 4.21 Å². The lowest BCUT2D eigenvalue weighted by molar-refractivity contribution is 0.414. The van der Waals surface area contributed by atoms with Gasteiger partial charge in [0.2, 0.25) is 0 Å². The van der Waals surface area contributed by atoms with E-state index in [4.69, 9.17) is 4.74 Å². The summed E-state index contributed by atoms with van der Waals surface area (Å²) in [5, 5.41) is 0. The van der Waals surface area contributed by atoms with Crippen LogP contribution in [0.15, 0.2) is 48.5 Å². The first kappa shape index (κ1) is 13.8. The molecule has 2 rings (SSSR count). The summed E-state index contributed by atoms with van der Waals surface area (Å²) in [5.41, 5.74) is 3.39. The molecule has 0 bridgehead atoms. The van der Waals surface area contributed by atoms with Gasteiger partial charge in [-0.2, -0.15) is 0 Å². The number of aryl methyl sites for hydroxylation is 1. The Morgan fingerprint density at radius 1 is 1.00 bits per heavy atom. The molecule has 100 valence electrons. The number of hydrogen-bond donors (Lipinski definition) is 0. The van der Waals surface area contributed by atoms with E-state index in [-0.39, 0.29) is 0 Å². The minimum atomic E-state index is -0.894. The zero-order chi connectivity index (χ0) is 13.7. The van der Waals surface area contributed by atoms with Crippen molar-refractivity contribution in [3.8, 4) is 5.75 Å². The van der Waals surface area contributed by atoms with Crippen LogP contribution in [-0.4, -0.2) is 11.3 Å². The molecule has 0 saturated carbocycles. The highest BCUT2D eigenvalue weighted by molar-refractivity contribution is 7.83. The van der Waals surface area contributed by atoms with Crippen LogP contribution in [-0.2, 0) is 22.3 Å². The lowest BCUT2D eigenvalue weighted by Gasteiger charge is -2.05. The summed E-state index contributed by atoms with van der Waals surface area (Å²) in [6.45, 7) is 2.05. The molecule has 0 radical (unpaired) electrons. The van der Waals surface area contributed by atoms with Gasteiger partial charge in [-0.1, -0.05) is 42.0 Å². The van der Waals surface area contributed by atoms with E-state index >= 15 is 0 Å². The maximum absolute atomic E-state index is 12.1. The fourth-order valence-electron chi connectivity index (χ4n) is 1.87. The van der Waals surface area contributed by atoms with E-state index in [1.54, 1.807) is 7.11 Å². The Morgan fingerprint density at radius 2 is 1.68 bits per heavy atom. The van der Waals surface area contributed by atoms with Crippen molar-refractivity contribution < 1.29 is 8.95 Å². The fraction of sp³-hybridized carbons (Fsp3) is 0.250. The monoisotopic (exact) mass is 274 g/mol. The SMILES string of the molecule is COc1cccc(C[S@@](=O)Cc2ccc(C)cc2)c1. The highest BCUT2D eigenvalue weighted by atomic mass is 32.2. The maximum Gasteiger partial charge on any atom is 0.119 e. The summed E-state index contributed by atoms with van der Waals surface area (Å²) in [4.78, 5) is 0.